The molecule has 1 aromatic carbocycles. The van der Waals surface area contributed by atoms with E-state index < -0.39 is 6.61 Å². The zero-order valence-corrected chi connectivity index (χ0v) is 16.6. The maximum absolute atomic E-state index is 12.8. The predicted octanol–water partition coefficient (Wildman–Crippen LogP) is 3.34. The van der Waals surface area contributed by atoms with Crippen LogP contribution in [0.25, 0.3) is 0 Å². The Balaban J connectivity index is 1.46. The molecule has 0 aliphatic carbocycles. The lowest BCUT2D eigenvalue weighted by Crippen LogP contribution is -2.44. The molecule has 1 aromatic rings. The van der Waals surface area contributed by atoms with Crippen molar-refractivity contribution in [3.8, 4) is 5.75 Å². The zero-order valence-electron chi connectivity index (χ0n) is 16.6. The number of ether oxygens (including phenoxy) is 1. The summed E-state index contributed by atoms with van der Waals surface area (Å²) in [5, 5.41) is 2.64. The van der Waals surface area contributed by atoms with Crippen molar-refractivity contribution in [3.05, 3.63) is 24.3 Å². The quantitative estimate of drug-likeness (QED) is 0.783. The number of piperidine rings is 1. The van der Waals surface area contributed by atoms with Gasteiger partial charge in [0.05, 0.1) is 12.2 Å². The normalized spacial score (nSPS) is 19.1. The molecule has 2 amide bonds. The molecule has 0 spiro atoms. The Morgan fingerprint density at radius 2 is 1.69 bits per heavy atom. The second kappa shape index (κ2) is 10.5. The second-order valence-electron chi connectivity index (χ2n) is 7.71. The molecule has 160 valence electrons. The molecule has 0 aromatic heterocycles. The van der Waals surface area contributed by atoms with E-state index in [2.05, 4.69) is 10.1 Å². The van der Waals surface area contributed by atoms with E-state index in [-0.39, 0.29) is 35.7 Å². The highest BCUT2D eigenvalue weighted by Gasteiger charge is 2.29. The van der Waals surface area contributed by atoms with Crippen LogP contribution in [0.1, 0.15) is 38.5 Å². The van der Waals surface area contributed by atoms with Gasteiger partial charge >= 0.3 is 6.61 Å². The monoisotopic (exact) mass is 409 g/mol. The number of nitrogens with one attached hydrogen (secondary N) is 1. The number of carbonyl (C=O) groups excluding carboxylic acids is 2. The van der Waals surface area contributed by atoms with E-state index in [0.717, 1.165) is 38.8 Å². The summed E-state index contributed by atoms with van der Waals surface area (Å²) in [5.74, 6) is -0.0492. The van der Waals surface area contributed by atoms with Gasteiger partial charge in [-0.05, 0) is 50.9 Å². The summed E-state index contributed by atoms with van der Waals surface area (Å²) in [6.45, 7) is 0.282. The van der Waals surface area contributed by atoms with E-state index in [1.54, 1.807) is 12.1 Å². The minimum Gasteiger partial charge on any atom is -0.433 e. The minimum atomic E-state index is -2.95. The number of hydrogen-bond acceptors (Lipinski definition) is 4. The van der Waals surface area contributed by atoms with E-state index in [9.17, 15) is 18.4 Å². The van der Waals surface area contributed by atoms with E-state index in [1.807, 2.05) is 9.80 Å². The average Bonchev–Trinajstić information content (AvgIpc) is 2.99. The first-order valence-electron chi connectivity index (χ1n) is 10.4. The van der Waals surface area contributed by atoms with Crippen molar-refractivity contribution in [3.63, 3.8) is 0 Å². The number of carbonyl (C=O) groups is 2. The van der Waals surface area contributed by atoms with Crippen LogP contribution in [0.15, 0.2) is 24.3 Å². The first-order valence-corrected chi connectivity index (χ1v) is 10.4. The van der Waals surface area contributed by atoms with Crippen LogP contribution in [0, 0.1) is 5.92 Å². The number of amides is 2. The maximum Gasteiger partial charge on any atom is 0.387 e. The van der Waals surface area contributed by atoms with Gasteiger partial charge in [-0.3, -0.25) is 14.5 Å². The van der Waals surface area contributed by atoms with Crippen molar-refractivity contribution in [2.45, 2.75) is 45.1 Å². The average molecular weight is 409 g/mol. The van der Waals surface area contributed by atoms with Crippen molar-refractivity contribution < 1.29 is 23.1 Å². The van der Waals surface area contributed by atoms with Crippen LogP contribution >= 0.6 is 0 Å². The van der Waals surface area contributed by atoms with Crippen molar-refractivity contribution in [2.75, 3.05) is 38.0 Å². The molecule has 0 bridgehead atoms. The van der Waals surface area contributed by atoms with Gasteiger partial charge in [-0.2, -0.15) is 8.78 Å². The molecule has 6 nitrogen and oxygen atoms in total. The fraction of sp³-hybridized carbons (Fsp3) is 0.619. The second-order valence-corrected chi connectivity index (χ2v) is 7.71. The molecule has 29 heavy (non-hydrogen) atoms. The summed E-state index contributed by atoms with van der Waals surface area (Å²) in [6, 6.07) is 6.14. The topological polar surface area (TPSA) is 61.9 Å². The van der Waals surface area contributed by atoms with Crippen LogP contribution in [-0.4, -0.2) is 60.9 Å². The molecule has 2 saturated heterocycles. The van der Waals surface area contributed by atoms with Gasteiger partial charge in [0.25, 0.3) is 0 Å². The maximum atomic E-state index is 12.8. The lowest BCUT2D eigenvalue weighted by Gasteiger charge is -2.33. The number of likely N-dealkylation sites (tertiary alicyclic amines) is 2. The van der Waals surface area contributed by atoms with Crippen LogP contribution in [0.5, 0.6) is 5.75 Å². The van der Waals surface area contributed by atoms with Crippen molar-refractivity contribution >= 4 is 17.5 Å². The number of rotatable bonds is 6. The van der Waals surface area contributed by atoms with Gasteiger partial charge in [0.15, 0.2) is 0 Å². The first kappa shape index (κ1) is 21.5. The Kier molecular flexibility index (Phi) is 7.80. The molecule has 0 atom stereocenters. The highest BCUT2D eigenvalue weighted by atomic mass is 19.3. The zero-order chi connectivity index (χ0) is 20.6. The smallest absolute Gasteiger partial charge is 0.387 e. The summed E-state index contributed by atoms with van der Waals surface area (Å²) in [5.41, 5.74) is 0.226. The number of anilines is 1. The van der Waals surface area contributed by atoms with E-state index >= 15 is 0 Å². The number of nitrogens with zero attached hydrogens (tertiary/aromatic N) is 2. The fourth-order valence-corrected chi connectivity index (χ4v) is 4.05. The largest absolute Gasteiger partial charge is 0.433 e. The molecular weight excluding hydrogens is 380 g/mol. The summed E-state index contributed by atoms with van der Waals surface area (Å²) < 4.78 is 29.4. The lowest BCUT2D eigenvalue weighted by atomic mass is 9.95. The van der Waals surface area contributed by atoms with E-state index in [4.69, 9.17) is 0 Å². The minimum absolute atomic E-state index is 0.0348. The van der Waals surface area contributed by atoms with Crippen LogP contribution in [0.2, 0.25) is 0 Å². The molecule has 0 radical (unpaired) electrons. The third-order valence-corrected chi connectivity index (χ3v) is 5.60. The van der Waals surface area contributed by atoms with E-state index in [1.165, 1.54) is 25.0 Å². The Hall–Kier alpha value is -2.22. The fourth-order valence-electron chi connectivity index (χ4n) is 4.05. The van der Waals surface area contributed by atoms with Crippen LogP contribution < -0.4 is 10.1 Å². The van der Waals surface area contributed by atoms with Gasteiger partial charge in [0.1, 0.15) is 5.75 Å². The Labute approximate surface area is 170 Å². The Bertz CT molecular complexity index is 686. The molecule has 2 aliphatic heterocycles. The molecule has 2 heterocycles. The molecular formula is C21H29F2N3O3. The summed E-state index contributed by atoms with van der Waals surface area (Å²) >= 11 is 0. The van der Waals surface area contributed by atoms with Gasteiger partial charge in [-0.1, -0.05) is 25.0 Å². The van der Waals surface area contributed by atoms with Crippen molar-refractivity contribution in [2.24, 2.45) is 5.92 Å². The van der Waals surface area contributed by atoms with Crippen LogP contribution in [0.4, 0.5) is 14.5 Å². The summed E-state index contributed by atoms with van der Waals surface area (Å²) in [4.78, 5) is 29.1. The van der Waals surface area contributed by atoms with Crippen molar-refractivity contribution in [1.29, 1.82) is 0 Å². The van der Waals surface area contributed by atoms with Gasteiger partial charge in [-0.25, -0.2) is 0 Å². The molecule has 0 saturated carbocycles. The Morgan fingerprint density at radius 3 is 2.34 bits per heavy atom. The van der Waals surface area contributed by atoms with Gasteiger partial charge in [0, 0.05) is 19.0 Å². The van der Waals surface area contributed by atoms with Gasteiger partial charge < -0.3 is 15.0 Å². The van der Waals surface area contributed by atoms with Gasteiger partial charge in [0.2, 0.25) is 11.8 Å². The van der Waals surface area contributed by atoms with Crippen LogP contribution in [-0.2, 0) is 9.59 Å². The summed E-state index contributed by atoms with van der Waals surface area (Å²) in [6.07, 6.45) is 6.05. The molecule has 2 fully saturated rings. The molecule has 2 aliphatic rings. The molecule has 3 rings (SSSR count). The first-order chi connectivity index (χ1) is 14.0. The number of halogens is 2. The standard InChI is InChI=1S/C21H29F2N3O3/c22-21(23)29-18-8-4-3-7-17(18)24-19(27)15-25-13-9-16(10-14-25)20(28)26-11-5-1-2-6-12-26/h3-4,7-8,16,21H,1-2,5-6,9-15H2,(H,24,27). The predicted molar refractivity (Wildman–Crippen MR) is 106 cm³/mol. The number of hydrogen-bond donors (Lipinski definition) is 1. The third kappa shape index (κ3) is 6.39. The van der Waals surface area contributed by atoms with Crippen molar-refractivity contribution in [1.82, 2.24) is 9.80 Å². The number of para-hydroxylation sites is 2. The highest BCUT2D eigenvalue weighted by molar-refractivity contribution is 5.93. The SMILES string of the molecule is O=C(CN1CCC(C(=O)N2CCCCCC2)CC1)Nc1ccccc1OC(F)F. The molecule has 1 N–H and O–H groups in total. The lowest BCUT2D eigenvalue weighted by molar-refractivity contribution is -0.137. The number of alkyl halides is 2. The van der Waals surface area contributed by atoms with Crippen LogP contribution in [0.3, 0.4) is 0 Å². The summed E-state index contributed by atoms with van der Waals surface area (Å²) in [7, 11) is 0. The van der Waals surface area contributed by atoms with Gasteiger partial charge in [-0.15, -0.1) is 0 Å². The Morgan fingerprint density at radius 1 is 1.03 bits per heavy atom. The molecule has 0 unspecified atom stereocenters. The third-order valence-electron chi connectivity index (χ3n) is 5.60. The highest BCUT2D eigenvalue weighted by Crippen LogP contribution is 2.26. The van der Waals surface area contributed by atoms with E-state index in [0.29, 0.717) is 13.1 Å². The molecule has 8 heteroatoms. The number of benzene rings is 1.